The summed E-state index contributed by atoms with van der Waals surface area (Å²) in [5.74, 6) is 0.748. The summed E-state index contributed by atoms with van der Waals surface area (Å²) in [6.07, 6.45) is 0. The van der Waals surface area contributed by atoms with Gasteiger partial charge in [-0.3, -0.25) is 0 Å². The number of benzene rings is 1. The van der Waals surface area contributed by atoms with Gasteiger partial charge in [0.2, 0.25) is 0 Å². The molecule has 1 atom stereocenters. The van der Waals surface area contributed by atoms with Crippen molar-refractivity contribution in [1.29, 1.82) is 0 Å². The number of hydrogen-bond acceptors (Lipinski definition) is 6. The topological polar surface area (TPSA) is 71.2 Å². The fourth-order valence-corrected chi connectivity index (χ4v) is 2.22. The van der Waals surface area contributed by atoms with Crippen LogP contribution in [0.1, 0.15) is 11.6 Å². The van der Waals surface area contributed by atoms with Gasteiger partial charge in [-0.2, -0.15) is 0 Å². The van der Waals surface area contributed by atoms with E-state index in [2.05, 4.69) is 69.2 Å². The van der Waals surface area contributed by atoms with Gasteiger partial charge in [0.25, 0.3) is 0 Å². The number of likely N-dealkylation sites (N-methyl/N-ethyl adjacent to an activating group) is 1. The zero-order valence-corrected chi connectivity index (χ0v) is 12.0. The second kappa shape index (κ2) is 5.84. The highest BCUT2D eigenvalue weighted by Crippen LogP contribution is 2.18. The maximum Gasteiger partial charge on any atom is 0.200 e. The van der Waals surface area contributed by atoms with E-state index < -0.39 is 0 Å². The number of nitrogens with one attached hydrogen (secondary N) is 1. The van der Waals surface area contributed by atoms with E-state index in [9.17, 15) is 0 Å². The van der Waals surface area contributed by atoms with Crippen molar-refractivity contribution in [2.45, 2.75) is 6.04 Å². The van der Waals surface area contributed by atoms with Crippen molar-refractivity contribution in [3.63, 3.8) is 0 Å². The fourth-order valence-electron chi connectivity index (χ4n) is 2.22. The molecule has 3 aromatic rings. The molecule has 0 amide bonds. The van der Waals surface area contributed by atoms with Gasteiger partial charge >= 0.3 is 0 Å². The Morgan fingerprint density at radius 2 is 1.95 bits per heavy atom. The monoisotopic (exact) mass is 283 g/mol. The second-order valence-electron chi connectivity index (χ2n) is 5.02. The van der Waals surface area contributed by atoms with Crippen molar-refractivity contribution < 1.29 is 0 Å². The molecule has 1 unspecified atom stereocenters. The molecule has 0 aliphatic heterocycles. The first kappa shape index (κ1) is 13.4. The van der Waals surface area contributed by atoms with Crippen LogP contribution in [0.4, 0.5) is 5.82 Å². The average Bonchev–Trinajstić information content (AvgIpc) is 2.96. The first-order valence-corrected chi connectivity index (χ1v) is 6.75. The number of fused-ring (bicyclic) bond motifs is 1. The Hall–Kier alpha value is -2.54. The molecule has 21 heavy (non-hydrogen) atoms. The minimum Gasteiger partial charge on any atom is -0.367 e. The predicted molar refractivity (Wildman–Crippen MR) is 79.9 cm³/mol. The van der Waals surface area contributed by atoms with Crippen molar-refractivity contribution in [3.05, 3.63) is 48.0 Å². The van der Waals surface area contributed by atoms with Gasteiger partial charge in [-0.05, 0) is 42.2 Å². The summed E-state index contributed by atoms with van der Waals surface area (Å²) in [6, 6.07) is 14.4. The van der Waals surface area contributed by atoms with Crippen LogP contribution in [-0.4, -0.2) is 50.8 Å². The van der Waals surface area contributed by atoms with Crippen LogP contribution < -0.4 is 5.32 Å². The van der Waals surface area contributed by atoms with Crippen molar-refractivity contribution in [2.24, 2.45) is 0 Å². The lowest BCUT2D eigenvalue weighted by molar-refractivity contribution is 0.311. The van der Waals surface area contributed by atoms with Gasteiger partial charge in [0.05, 0.1) is 6.04 Å². The van der Waals surface area contributed by atoms with E-state index in [-0.39, 0.29) is 6.04 Å². The molecule has 1 aromatic carbocycles. The van der Waals surface area contributed by atoms with Crippen LogP contribution in [0.3, 0.4) is 0 Å². The summed E-state index contributed by atoms with van der Waals surface area (Å²) in [5.41, 5.74) is 1.89. The van der Waals surface area contributed by atoms with E-state index in [4.69, 9.17) is 0 Å². The maximum absolute atomic E-state index is 4.31. The molecule has 0 saturated heterocycles. The largest absolute Gasteiger partial charge is 0.367 e. The van der Waals surface area contributed by atoms with Gasteiger partial charge in [0.1, 0.15) is 5.82 Å². The van der Waals surface area contributed by atoms with Crippen LogP contribution in [0.25, 0.3) is 5.65 Å². The molecule has 0 radical (unpaired) electrons. The Morgan fingerprint density at radius 1 is 1.14 bits per heavy atom. The molecule has 3 rings (SSSR count). The highest BCUT2D eigenvalue weighted by atomic mass is 15.6. The zero-order valence-electron chi connectivity index (χ0n) is 12.0. The van der Waals surface area contributed by atoms with Crippen LogP contribution >= 0.6 is 0 Å². The summed E-state index contributed by atoms with van der Waals surface area (Å²) in [4.78, 5) is 2.18. The molecule has 0 aliphatic carbocycles. The third-order valence-corrected chi connectivity index (χ3v) is 3.35. The molecule has 0 bridgehead atoms. The number of tetrazole rings is 1. The van der Waals surface area contributed by atoms with Crippen LogP contribution in [0.15, 0.2) is 42.5 Å². The van der Waals surface area contributed by atoms with E-state index in [0.29, 0.717) is 5.65 Å². The first-order chi connectivity index (χ1) is 10.2. The van der Waals surface area contributed by atoms with Crippen LogP contribution in [0.2, 0.25) is 0 Å². The van der Waals surface area contributed by atoms with Crippen molar-refractivity contribution in [3.8, 4) is 0 Å². The number of nitrogens with zero attached hydrogens (tertiary/aromatic N) is 6. The van der Waals surface area contributed by atoms with Crippen LogP contribution in [-0.2, 0) is 0 Å². The molecule has 7 nitrogen and oxygen atoms in total. The summed E-state index contributed by atoms with van der Waals surface area (Å²) in [5, 5.41) is 18.9. The molecule has 2 heterocycles. The molecule has 0 saturated carbocycles. The lowest BCUT2D eigenvalue weighted by atomic mass is 10.1. The van der Waals surface area contributed by atoms with Gasteiger partial charge in [-0.1, -0.05) is 30.3 Å². The zero-order chi connectivity index (χ0) is 14.7. The highest BCUT2D eigenvalue weighted by Gasteiger charge is 2.13. The van der Waals surface area contributed by atoms with Crippen LogP contribution in [0, 0.1) is 0 Å². The third-order valence-electron chi connectivity index (χ3n) is 3.35. The molecule has 1 N–H and O–H groups in total. The molecule has 0 spiro atoms. The van der Waals surface area contributed by atoms with E-state index in [1.807, 2.05) is 18.2 Å². The van der Waals surface area contributed by atoms with Crippen molar-refractivity contribution in [1.82, 2.24) is 30.2 Å². The number of hydrogen-bond donors (Lipinski definition) is 1. The number of aromatic nitrogens is 5. The normalized spacial score (nSPS) is 12.7. The standard InChI is InChI=1S/C14H17N7/c1-20(2)12(11-6-4-3-5-7-11)10-15-13-8-9-14-16-18-19-21(14)17-13/h3-9,12H,10H2,1-2H3,(H,15,17). The number of rotatable bonds is 5. The fraction of sp³-hybridized carbons (Fsp3) is 0.286. The van der Waals surface area contributed by atoms with E-state index in [1.165, 1.54) is 10.2 Å². The molecule has 108 valence electrons. The lowest BCUT2D eigenvalue weighted by Crippen LogP contribution is -2.27. The Kier molecular flexibility index (Phi) is 3.74. The second-order valence-corrected chi connectivity index (χ2v) is 5.02. The summed E-state index contributed by atoms with van der Waals surface area (Å²) >= 11 is 0. The Labute approximate surface area is 122 Å². The molecular weight excluding hydrogens is 266 g/mol. The van der Waals surface area contributed by atoms with Crippen molar-refractivity contribution in [2.75, 3.05) is 26.0 Å². The van der Waals surface area contributed by atoms with Gasteiger partial charge in [0.15, 0.2) is 5.65 Å². The van der Waals surface area contributed by atoms with Gasteiger partial charge in [-0.15, -0.1) is 14.8 Å². The molecule has 0 aliphatic rings. The quantitative estimate of drug-likeness (QED) is 0.759. The van der Waals surface area contributed by atoms with Crippen molar-refractivity contribution >= 4 is 11.5 Å². The first-order valence-electron chi connectivity index (χ1n) is 6.75. The highest BCUT2D eigenvalue weighted by molar-refractivity contribution is 5.42. The summed E-state index contributed by atoms with van der Waals surface area (Å²) in [6.45, 7) is 0.748. The molecule has 0 fully saturated rings. The van der Waals surface area contributed by atoms with E-state index in [0.717, 1.165) is 12.4 Å². The minimum absolute atomic E-state index is 0.262. The van der Waals surface area contributed by atoms with E-state index >= 15 is 0 Å². The summed E-state index contributed by atoms with van der Waals surface area (Å²) < 4.78 is 1.41. The Morgan fingerprint density at radius 3 is 2.71 bits per heavy atom. The predicted octanol–water partition coefficient (Wildman–Crippen LogP) is 1.23. The molecular formula is C14H17N7. The Bertz CT molecular complexity index is 707. The van der Waals surface area contributed by atoms with Gasteiger partial charge in [-0.25, -0.2) is 0 Å². The van der Waals surface area contributed by atoms with Gasteiger partial charge in [0, 0.05) is 6.54 Å². The Balaban J connectivity index is 1.74. The van der Waals surface area contributed by atoms with Crippen LogP contribution in [0.5, 0.6) is 0 Å². The minimum atomic E-state index is 0.262. The average molecular weight is 283 g/mol. The third kappa shape index (κ3) is 2.97. The lowest BCUT2D eigenvalue weighted by Gasteiger charge is -2.25. The summed E-state index contributed by atoms with van der Waals surface area (Å²) in [7, 11) is 4.13. The van der Waals surface area contributed by atoms with Gasteiger partial charge < -0.3 is 10.2 Å². The maximum atomic E-state index is 4.31. The smallest absolute Gasteiger partial charge is 0.200 e. The molecule has 7 heteroatoms. The SMILES string of the molecule is CN(C)C(CNc1ccc2nnnn2n1)c1ccccc1. The number of anilines is 1. The molecule has 2 aromatic heterocycles. The van der Waals surface area contributed by atoms with E-state index in [1.54, 1.807) is 0 Å².